The van der Waals surface area contributed by atoms with Crippen LogP contribution in [0.25, 0.3) is 5.69 Å². The normalized spacial score (nSPS) is 19.5. The van der Waals surface area contributed by atoms with Gasteiger partial charge in [-0.25, -0.2) is 14.5 Å². The second kappa shape index (κ2) is 5.19. The van der Waals surface area contributed by atoms with Crippen molar-refractivity contribution < 1.29 is 0 Å². The van der Waals surface area contributed by atoms with E-state index in [-0.39, 0.29) is 11.7 Å². The molecule has 5 nitrogen and oxygen atoms in total. The summed E-state index contributed by atoms with van der Waals surface area (Å²) in [6, 6.07) is 7.32. The topological polar surface area (TPSA) is 62.7 Å². The van der Waals surface area contributed by atoms with Crippen LogP contribution in [0.15, 0.2) is 29.1 Å². The van der Waals surface area contributed by atoms with Crippen LogP contribution in [-0.4, -0.2) is 21.3 Å². The number of aromatic nitrogens is 3. The molecular weight excluding hydrogens is 264 g/mol. The van der Waals surface area contributed by atoms with Crippen LogP contribution in [0.5, 0.6) is 0 Å². The van der Waals surface area contributed by atoms with Crippen molar-refractivity contribution in [2.45, 2.75) is 25.3 Å². The zero-order valence-electron chi connectivity index (χ0n) is 10.4. The summed E-state index contributed by atoms with van der Waals surface area (Å²) in [5, 5.41) is 10.8. The molecule has 1 aromatic heterocycles. The van der Waals surface area contributed by atoms with Crippen molar-refractivity contribution in [1.29, 1.82) is 0 Å². The lowest BCUT2D eigenvalue weighted by Crippen LogP contribution is -2.30. The van der Waals surface area contributed by atoms with Gasteiger partial charge in [0.25, 0.3) is 0 Å². The predicted octanol–water partition coefficient (Wildman–Crippen LogP) is 2.03. The smallest absolute Gasteiger partial charge is 0.307 e. The first-order valence-electron chi connectivity index (χ1n) is 6.42. The van der Waals surface area contributed by atoms with Gasteiger partial charge >= 0.3 is 5.69 Å². The van der Waals surface area contributed by atoms with Crippen molar-refractivity contribution in [3.63, 3.8) is 0 Å². The van der Waals surface area contributed by atoms with Gasteiger partial charge in [0, 0.05) is 5.02 Å². The summed E-state index contributed by atoms with van der Waals surface area (Å²) in [6.45, 7) is 0.965. The Kier molecular flexibility index (Phi) is 3.40. The summed E-state index contributed by atoms with van der Waals surface area (Å²) in [7, 11) is 0. The lowest BCUT2D eigenvalue weighted by Gasteiger charge is -2.22. The Morgan fingerprint density at radius 1 is 1.26 bits per heavy atom. The molecule has 1 aliphatic rings. The number of hydrogen-bond donors (Lipinski definition) is 2. The molecule has 1 saturated heterocycles. The number of halogens is 1. The lowest BCUT2D eigenvalue weighted by atomic mass is 10.0. The fraction of sp³-hybridized carbons (Fsp3) is 0.385. The van der Waals surface area contributed by atoms with Gasteiger partial charge in [0.05, 0.1) is 11.7 Å². The van der Waals surface area contributed by atoms with E-state index < -0.39 is 0 Å². The fourth-order valence-corrected chi connectivity index (χ4v) is 2.58. The minimum atomic E-state index is -0.218. The summed E-state index contributed by atoms with van der Waals surface area (Å²) < 4.78 is 1.61. The van der Waals surface area contributed by atoms with Gasteiger partial charge in [-0.3, -0.25) is 0 Å². The third-order valence-corrected chi connectivity index (χ3v) is 3.66. The molecule has 2 N–H and O–H groups in total. The molecule has 6 heteroatoms. The van der Waals surface area contributed by atoms with Crippen molar-refractivity contribution in [3.8, 4) is 5.69 Å². The van der Waals surface area contributed by atoms with Crippen LogP contribution < -0.4 is 11.0 Å². The molecule has 0 amide bonds. The molecule has 19 heavy (non-hydrogen) atoms. The average molecular weight is 279 g/mol. The first-order valence-corrected chi connectivity index (χ1v) is 6.80. The number of nitrogens with zero attached hydrogens (tertiary/aromatic N) is 2. The summed E-state index contributed by atoms with van der Waals surface area (Å²) in [4.78, 5) is 12.0. The van der Waals surface area contributed by atoms with E-state index in [0.29, 0.717) is 5.02 Å². The van der Waals surface area contributed by atoms with Gasteiger partial charge in [-0.05, 0) is 43.7 Å². The maximum absolute atomic E-state index is 12.0. The fourth-order valence-electron chi connectivity index (χ4n) is 2.45. The van der Waals surface area contributed by atoms with E-state index in [4.69, 9.17) is 11.6 Å². The van der Waals surface area contributed by atoms with E-state index in [1.165, 1.54) is 6.42 Å². The molecule has 0 spiro atoms. The second-order valence-electron chi connectivity index (χ2n) is 4.70. The molecule has 1 aromatic carbocycles. The monoisotopic (exact) mass is 278 g/mol. The number of hydrogen-bond acceptors (Lipinski definition) is 3. The van der Waals surface area contributed by atoms with Crippen LogP contribution in [0, 0.1) is 0 Å². The first kappa shape index (κ1) is 12.4. The van der Waals surface area contributed by atoms with Crippen LogP contribution >= 0.6 is 11.6 Å². The van der Waals surface area contributed by atoms with E-state index in [0.717, 1.165) is 30.9 Å². The van der Waals surface area contributed by atoms with Crippen molar-refractivity contribution in [3.05, 3.63) is 45.6 Å². The van der Waals surface area contributed by atoms with Gasteiger partial charge in [0.2, 0.25) is 0 Å². The van der Waals surface area contributed by atoms with E-state index in [1.54, 1.807) is 16.7 Å². The van der Waals surface area contributed by atoms with E-state index in [2.05, 4.69) is 15.5 Å². The first-order chi connectivity index (χ1) is 9.25. The van der Waals surface area contributed by atoms with Gasteiger partial charge in [0.1, 0.15) is 0 Å². The molecule has 3 rings (SSSR count). The quantitative estimate of drug-likeness (QED) is 0.883. The Hall–Kier alpha value is -1.59. The third-order valence-electron chi connectivity index (χ3n) is 3.41. The maximum Gasteiger partial charge on any atom is 0.347 e. The van der Waals surface area contributed by atoms with Gasteiger partial charge < -0.3 is 5.32 Å². The van der Waals surface area contributed by atoms with Crippen LogP contribution in [-0.2, 0) is 0 Å². The van der Waals surface area contributed by atoms with Crippen LogP contribution in [0.2, 0.25) is 5.02 Å². The highest BCUT2D eigenvalue weighted by atomic mass is 35.5. The molecule has 1 fully saturated rings. The highest BCUT2D eigenvalue weighted by Gasteiger charge is 2.22. The number of rotatable bonds is 2. The largest absolute Gasteiger partial charge is 0.347 e. The van der Waals surface area contributed by atoms with Crippen molar-refractivity contribution in [2.75, 3.05) is 6.54 Å². The van der Waals surface area contributed by atoms with Gasteiger partial charge in [-0.15, -0.1) is 0 Å². The summed E-state index contributed by atoms with van der Waals surface area (Å²) in [5.41, 5.74) is 0.565. The van der Waals surface area contributed by atoms with E-state index in [9.17, 15) is 4.79 Å². The molecule has 2 heterocycles. The Morgan fingerprint density at radius 2 is 2.05 bits per heavy atom. The molecule has 0 aliphatic carbocycles. The number of aromatic amines is 1. The number of piperidine rings is 1. The zero-order chi connectivity index (χ0) is 13.2. The highest BCUT2D eigenvalue weighted by molar-refractivity contribution is 6.30. The standard InChI is InChI=1S/C13H15ClN4O/c14-9-4-6-10(7-5-9)18-12(16-17-13(18)19)11-3-1-2-8-15-11/h4-7,11,15H,1-3,8H2,(H,17,19). The summed E-state index contributed by atoms with van der Waals surface area (Å²) in [6.07, 6.45) is 3.32. The Labute approximate surface area is 115 Å². The van der Waals surface area contributed by atoms with Crippen molar-refractivity contribution in [1.82, 2.24) is 20.1 Å². The number of H-pyrrole nitrogens is 1. The van der Waals surface area contributed by atoms with Crippen LogP contribution in [0.4, 0.5) is 0 Å². The van der Waals surface area contributed by atoms with Gasteiger partial charge in [0.15, 0.2) is 5.82 Å². The van der Waals surface area contributed by atoms with Crippen molar-refractivity contribution >= 4 is 11.6 Å². The summed E-state index contributed by atoms with van der Waals surface area (Å²) in [5.74, 6) is 0.743. The number of nitrogens with one attached hydrogen (secondary N) is 2. The minimum absolute atomic E-state index is 0.128. The lowest BCUT2D eigenvalue weighted by molar-refractivity contribution is 0.393. The molecule has 0 saturated carbocycles. The maximum atomic E-state index is 12.0. The van der Waals surface area contributed by atoms with Crippen LogP contribution in [0.1, 0.15) is 31.1 Å². The van der Waals surface area contributed by atoms with E-state index >= 15 is 0 Å². The van der Waals surface area contributed by atoms with Crippen LogP contribution in [0.3, 0.4) is 0 Å². The molecule has 1 unspecified atom stereocenters. The molecule has 2 aromatic rings. The average Bonchev–Trinajstić information content (AvgIpc) is 2.83. The molecule has 0 radical (unpaired) electrons. The Bertz CT molecular complexity index is 610. The minimum Gasteiger partial charge on any atom is -0.307 e. The molecule has 100 valence electrons. The third kappa shape index (κ3) is 2.43. The summed E-state index contributed by atoms with van der Waals surface area (Å²) >= 11 is 5.88. The number of benzene rings is 1. The van der Waals surface area contributed by atoms with E-state index in [1.807, 2.05) is 12.1 Å². The molecule has 1 aliphatic heterocycles. The van der Waals surface area contributed by atoms with Gasteiger partial charge in [-0.1, -0.05) is 18.0 Å². The highest BCUT2D eigenvalue weighted by Crippen LogP contribution is 2.22. The Morgan fingerprint density at radius 3 is 2.74 bits per heavy atom. The Balaban J connectivity index is 2.02. The van der Waals surface area contributed by atoms with Crippen molar-refractivity contribution in [2.24, 2.45) is 0 Å². The second-order valence-corrected chi connectivity index (χ2v) is 5.14. The predicted molar refractivity (Wildman–Crippen MR) is 73.8 cm³/mol. The SMILES string of the molecule is O=c1[nH]nc(C2CCCCN2)n1-c1ccc(Cl)cc1. The molecule has 1 atom stereocenters. The zero-order valence-corrected chi connectivity index (χ0v) is 11.2. The van der Waals surface area contributed by atoms with Gasteiger partial charge in [-0.2, -0.15) is 5.10 Å². The molecule has 0 bridgehead atoms. The molecular formula is C13H15ClN4O.